The minimum absolute atomic E-state index is 0.0245. The van der Waals surface area contributed by atoms with Gasteiger partial charge in [-0.15, -0.1) is 0 Å². The molecule has 21 heavy (non-hydrogen) atoms. The molecule has 0 aromatic carbocycles. The summed E-state index contributed by atoms with van der Waals surface area (Å²) >= 11 is 0. The lowest BCUT2D eigenvalue weighted by Gasteiger charge is -2.30. The molecule has 0 saturated heterocycles. The summed E-state index contributed by atoms with van der Waals surface area (Å²) in [7, 11) is 0. The van der Waals surface area contributed by atoms with Gasteiger partial charge in [0.2, 0.25) is 0 Å². The molecule has 6 nitrogen and oxygen atoms in total. The zero-order chi connectivity index (χ0) is 17.0. The molecule has 8 heteroatoms. The summed E-state index contributed by atoms with van der Waals surface area (Å²) in [6.07, 6.45) is -3.57. The Hall–Kier alpha value is -1.44. The number of hydrogen-bond acceptors (Lipinski definition) is 4. The fourth-order valence-electron chi connectivity index (χ4n) is 1.61. The number of nitrogens with one attached hydrogen (secondary N) is 1. The van der Waals surface area contributed by atoms with Gasteiger partial charge in [-0.1, -0.05) is 13.8 Å². The van der Waals surface area contributed by atoms with E-state index in [0.29, 0.717) is 0 Å². The Kier molecular flexibility index (Phi) is 6.54. The first kappa shape index (κ1) is 19.6. The highest BCUT2D eigenvalue weighted by atomic mass is 19.3. The number of ether oxygens (including phenoxy) is 1. The maximum atomic E-state index is 13.4. The predicted octanol–water partition coefficient (Wildman–Crippen LogP) is 2.01. The quantitative estimate of drug-likeness (QED) is 0.697. The number of carbonyl (C=O) groups excluding carboxylic acids is 1. The van der Waals surface area contributed by atoms with Crippen molar-refractivity contribution in [3.63, 3.8) is 0 Å². The van der Waals surface area contributed by atoms with Gasteiger partial charge in [0.1, 0.15) is 11.7 Å². The minimum atomic E-state index is -4.37. The number of aliphatic hydroxyl groups is 1. The van der Waals surface area contributed by atoms with Crippen LogP contribution in [0.25, 0.3) is 0 Å². The van der Waals surface area contributed by atoms with Gasteiger partial charge in [-0.2, -0.15) is 8.78 Å². The molecule has 0 aromatic heterocycles. The van der Waals surface area contributed by atoms with E-state index in [-0.39, 0.29) is 12.3 Å². The van der Waals surface area contributed by atoms with Crippen LogP contribution >= 0.6 is 0 Å². The van der Waals surface area contributed by atoms with E-state index in [1.807, 2.05) is 0 Å². The van der Waals surface area contributed by atoms with Crippen molar-refractivity contribution in [1.29, 1.82) is 0 Å². The van der Waals surface area contributed by atoms with E-state index in [2.05, 4.69) is 5.32 Å². The standard InChI is InChI=1S/C13H23F2NO5/c1-7(2)6-8(9(17)13(14,15)10(18)19)16-11(20)21-12(3,4)5/h7-9,17H,6H2,1-5H3,(H,16,20)(H,18,19). The van der Waals surface area contributed by atoms with Gasteiger partial charge in [-0.25, -0.2) is 9.59 Å². The second kappa shape index (κ2) is 7.02. The van der Waals surface area contributed by atoms with Crippen LogP contribution in [-0.2, 0) is 9.53 Å². The topological polar surface area (TPSA) is 95.9 Å². The van der Waals surface area contributed by atoms with Crippen LogP contribution in [0.5, 0.6) is 0 Å². The summed E-state index contributed by atoms with van der Waals surface area (Å²) in [6.45, 7) is 8.15. The Bertz CT molecular complexity index is 379. The summed E-state index contributed by atoms with van der Waals surface area (Å²) in [4.78, 5) is 22.1. The average molecular weight is 311 g/mol. The van der Waals surface area contributed by atoms with Crippen LogP contribution in [0.1, 0.15) is 41.0 Å². The second-order valence-electron chi connectivity index (χ2n) is 6.26. The fraction of sp³-hybridized carbons (Fsp3) is 0.846. The van der Waals surface area contributed by atoms with Crippen molar-refractivity contribution < 1.29 is 33.3 Å². The molecule has 0 fully saturated rings. The van der Waals surface area contributed by atoms with Gasteiger partial charge in [0.15, 0.2) is 0 Å². The van der Waals surface area contributed by atoms with Crippen molar-refractivity contribution in [2.45, 2.75) is 64.7 Å². The van der Waals surface area contributed by atoms with Crippen molar-refractivity contribution >= 4 is 12.1 Å². The van der Waals surface area contributed by atoms with Gasteiger partial charge >= 0.3 is 18.0 Å². The van der Waals surface area contributed by atoms with Crippen LogP contribution < -0.4 is 5.32 Å². The first-order chi connectivity index (χ1) is 9.27. The molecular formula is C13H23F2NO5. The molecule has 0 radical (unpaired) electrons. The minimum Gasteiger partial charge on any atom is -0.477 e. The lowest BCUT2D eigenvalue weighted by molar-refractivity contribution is -0.185. The average Bonchev–Trinajstić information content (AvgIpc) is 2.23. The van der Waals surface area contributed by atoms with Gasteiger partial charge in [-0.05, 0) is 33.1 Å². The summed E-state index contributed by atoms with van der Waals surface area (Å²) in [5.74, 6) is -6.96. The highest BCUT2D eigenvalue weighted by Gasteiger charge is 2.51. The molecule has 3 N–H and O–H groups in total. The maximum Gasteiger partial charge on any atom is 0.407 e. The predicted molar refractivity (Wildman–Crippen MR) is 71.2 cm³/mol. The first-order valence-electron chi connectivity index (χ1n) is 6.56. The summed E-state index contributed by atoms with van der Waals surface area (Å²) in [6, 6.07) is -1.44. The van der Waals surface area contributed by atoms with Crippen molar-refractivity contribution in [1.82, 2.24) is 5.32 Å². The van der Waals surface area contributed by atoms with E-state index in [4.69, 9.17) is 9.84 Å². The van der Waals surface area contributed by atoms with Gasteiger partial charge in [0.05, 0.1) is 6.04 Å². The van der Waals surface area contributed by atoms with E-state index in [0.717, 1.165) is 0 Å². The molecule has 1 amide bonds. The number of carboxylic acids is 1. The van der Waals surface area contributed by atoms with Crippen LogP contribution in [0.15, 0.2) is 0 Å². The van der Waals surface area contributed by atoms with Crippen molar-refractivity contribution in [2.24, 2.45) is 5.92 Å². The largest absolute Gasteiger partial charge is 0.477 e. The fourth-order valence-corrected chi connectivity index (χ4v) is 1.61. The maximum absolute atomic E-state index is 13.4. The molecule has 2 unspecified atom stereocenters. The summed E-state index contributed by atoms with van der Waals surface area (Å²) < 4.78 is 31.7. The molecule has 2 atom stereocenters. The van der Waals surface area contributed by atoms with E-state index in [1.54, 1.807) is 34.6 Å². The lowest BCUT2D eigenvalue weighted by Crippen LogP contribution is -2.55. The lowest BCUT2D eigenvalue weighted by atomic mass is 9.95. The summed E-state index contributed by atoms with van der Waals surface area (Å²) in [5, 5.41) is 20.2. The Morgan fingerprint density at radius 3 is 2.05 bits per heavy atom. The molecule has 0 saturated carbocycles. The number of amides is 1. The molecule has 0 aromatic rings. The number of aliphatic carboxylic acids is 1. The third kappa shape index (κ3) is 6.70. The van der Waals surface area contributed by atoms with Crippen LogP contribution in [0.2, 0.25) is 0 Å². The highest BCUT2D eigenvalue weighted by molar-refractivity contribution is 5.76. The number of aliphatic hydroxyl groups excluding tert-OH is 1. The molecule has 0 heterocycles. The van der Waals surface area contributed by atoms with E-state index in [9.17, 15) is 23.5 Å². The third-order valence-corrected chi connectivity index (χ3v) is 2.47. The van der Waals surface area contributed by atoms with Crippen LogP contribution in [0.4, 0.5) is 13.6 Å². The van der Waals surface area contributed by atoms with E-state index in [1.165, 1.54) is 0 Å². The molecule has 0 spiro atoms. The smallest absolute Gasteiger partial charge is 0.407 e. The van der Waals surface area contributed by atoms with Crippen molar-refractivity contribution in [3.8, 4) is 0 Å². The normalized spacial score (nSPS) is 15.5. The molecular weight excluding hydrogens is 288 g/mol. The Labute approximate surface area is 122 Å². The van der Waals surface area contributed by atoms with Crippen LogP contribution in [0.3, 0.4) is 0 Å². The number of carbonyl (C=O) groups is 2. The number of carboxylic acid groups (broad SMARTS) is 1. The molecule has 124 valence electrons. The van der Waals surface area contributed by atoms with Gasteiger partial charge < -0.3 is 20.3 Å². The number of alkyl carbamates (subject to hydrolysis) is 1. The Morgan fingerprint density at radius 2 is 1.71 bits per heavy atom. The zero-order valence-electron chi connectivity index (χ0n) is 12.8. The van der Waals surface area contributed by atoms with Gasteiger partial charge in [-0.3, -0.25) is 0 Å². The number of hydrogen-bond donors (Lipinski definition) is 3. The van der Waals surface area contributed by atoms with Gasteiger partial charge in [0, 0.05) is 0 Å². The Balaban J connectivity index is 5.05. The number of alkyl halides is 2. The zero-order valence-corrected chi connectivity index (χ0v) is 12.8. The SMILES string of the molecule is CC(C)CC(NC(=O)OC(C)(C)C)C(O)C(F)(F)C(=O)O. The molecule has 0 rings (SSSR count). The number of halogens is 2. The van der Waals surface area contributed by atoms with Crippen LogP contribution in [0, 0.1) is 5.92 Å². The second-order valence-corrected chi connectivity index (χ2v) is 6.26. The van der Waals surface area contributed by atoms with E-state index >= 15 is 0 Å². The van der Waals surface area contributed by atoms with Crippen molar-refractivity contribution in [3.05, 3.63) is 0 Å². The molecule has 0 aliphatic carbocycles. The number of rotatable bonds is 6. The third-order valence-electron chi connectivity index (χ3n) is 2.47. The molecule has 0 aliphatic rings. The van der Waals surface area contributed by atoms with Gasteiger partial charge in [0.25, 0.3) is 0 Å². The van der Waals surface area contributed by atoms with Crippen molar-refractivity contribution in [2.75, 3.05) is 0 Å². The summed E-state index contributed by atoms with van der Waals surface area (Å²) in [5.41, 5.74) is -0.841. The van der Waals surface area contributed by atoms with Crippen LogP contribution in [-0.4, -0.2) is 45.9 Å². The molecule has 0 bridgehead atoms. The first-order valence-corrected chi connectivity index (χ1v) is 6.56. The monoisotopic (exact) mass is 311 g/mol. The highest BCUT2D eigenvalue weighted by Crippen LogP contribution is 2.24. The Morgan fingerprint density at radius 1 is 1.24 bits per heavy atom. The molecule has 0 aliphatic heterocycles. The van der Waals surface area contributed by atoms with E-state index < -0.39 is 35.7 Å².